The van der Waals surface area contributed by atoms with Crippen LogP contribution in [0.2, 0.25) is 0 Å². The molecule has 3 nitrogen and oxygen atoms in total. The van der Waals surface area contributed by atoms with E-state index in [2.05, 4.69) is 13.0 Å². The van der Waals surface area contributed by atoms with Crippen LogP contribution in [-0.2, 0) is 15.7 Å². The van der Waals surface area contributed by atoms with Crippen LogP contribution in [0.4, 0.5) is 0 Å². The molecule has 2 rings (SSSR count). The van der Waals surface area contributed by atoms with Crippen LogP contribution in [0.15, 0.2) is 18.2 Å². The molecule has 1 saturated heterocycles. The molecular weight excluding hydrogens is 275 g/mol. The Hall–Kier alpha value is -1.13. The summed E-state index contributed by atoms with van der Waals surface area (Å²) in [6.45, 7) is 11.9. The van der Waals surface area contributed by atoms with Gasteiger partial charge in [-0.25, -0.2) is 0 Å². The maximum absolute atomic E-state index is 12.1. The quantitative estimate of drug-likeness (QED) is 0.616. The molecule has 1 fully saturated rings. The van der Waals surface area contributed by atoms with E-state index in [0.29, 0.717) is 5.56 Å². The summed E-state index contributed by atoms with van der Waals surface area (Å²) in [6.07, 6.45) is 3.28. The van der Waals surface area contributed by atoms with E-state index in [-0.39, 0.29) is 5.78 Å². The predicted molar refractivity (Wildman–Crippen MR) is 90.8 cm³/mol. The largest absolute Gasteiger partial charge is 0.495 e. The minimum absolute atomic E-state index is 0.0584. The molecule has 0 saturated carbocycles. The first kappa shape index (κ1) is 17.2. The minimum atomic E-state index is -0.482. The molecule has 0 atom stereocenters. The van der Waals surface area contributed by atoms with Gasteiger partial charge >= 0.3 is 7.12 Å². The summed E-state index contributed by atoms with van der Waals surface area (Å²) in [7, 11) is -0.482. The van der Waals surface area contributed by atoms with Crippen molar-refractivity contribution >= 4 is 18.4 Å². The summed E-state index contributed by atoms with van der Waals surface area (Å²) in [5.74, 6) is 0.0584. The van der Waals surface area contributed by atoms with E-state index < -0.39 is 18.3 Å². The van der Waals surface area contributed by atoms with Crippen LogP contribution < -0.4 is 5.46 Å². The lowest BCUT2D eigenvalue weighted by Crippen LogP contribution is -2.41. The second kappa shape index (κ2) is 6.17. The summed E-state index contributed by atoms with van der Waals surface area (Å²) in [6, 6.07) is 6.07. The molecule has 1 aromatic carbocycles. The van der Waals surface area contributed by atoms with Crippen LogP contribution in [0.3, 0.4) is 0 Å². The molecule has 22 heavy (non-hydrogen) atoms. The zero-order valence-corrected chi connectivity index (χ0v) is 14.7. The Morgan fingerprint density at radius 1 is 1.14 bits per heavy atom. The van der Waals surface area contributed by atoms with Gasteiger partial charge in [-0.3, -0.25) is 4.79 Å². The molecule has 0 spiro atoms. The molecule has 0 radical (unpaired) electrons. The van der Waals surface area contributed by atoms with Gasteiger partial charge in [-0.2, -0.15) is 0 Å². The van der Waals surface area contributed by atoms with Crippen molar-refractivity contribution in [3.8, 4) is 0 Å². The normalized spacial score (nSPS) is 19.5. The lowest BCUT2D eigenvalue weighted by molar-refractivity contribution is 0.00578. The molecule has 1 aliphatic rings. The van der Waals surface area contributed by atoms with Gasteiger partial charge in [0.25, 0.3) is 0 Å². The maximum atomic E-state index is 12.1. The van der Waals surface area contributed by atoms with E-state index in [4.69, 9.17) is 9.31 Å². The molecule has 0 aromatic heterocycles. The highest BCUT2D eigenvalue weighted by atomic mass is 16.7. The third-order valence-corrected chi connectivity index (χ3v) is 4.82. The average Bonchev–Trinajstić information content (AvgIpc) is 2.64. The van der Waals surface area contributed by atoms with Crippen LogP contribution in [0.1, 0.15) is 70.3 Å². The van der Waals surface area contributed by atoms with Gasteiger partial charge in [0, 0.05) is 5.56 Å². The summed E-state index contributed by atoms with van der Waals surface area (Å²) >= 11 is 0. The third kappa shape index (κ3) is 3.28. The summed E-state index contributed by atoms with van der Waals surface area (Å²) < 4.78 is 12.2. The zero-order chi connectivity index (χ0) is 16.5. The smallest absolute Gasteiger partial charge is 0.399 e. The number of hydrogen-bond donors (Lipinski definition) is 0. The molecule has 1 aromatic rings. The van der Waals surface area contributed by atoms with Gasteiger partial charge < -0.3 is 9.31 Å². The maximum Gasteiger partial charge on any atom is 0.495 e. The number of ketones is 1. The van der Waals surface area contributed by atoms with Crippen molar-refractivity contribution in [1.29, 1.82) is 0 Å². The first-order valence-electron chi connectivity index (χ1n) is 8.17. The van der Waals surface area contributed by atoms with E-state index in [1.165, 1.54) is 5.56 Å². The van der Waals surface area contributed by atoms with Gasteiger partial charge in [-0.05, 0) is 64.6 Å². The van der Waals surface area contributed by atoms with Gasteiger partial charge in [0.05, 0.1) is 11.2 Å². The number of carbonyl (C=O) groups excluding carboxylic acids is 1. The highest BCUT2D eigenvalue weighted by Gasteiger charge is 2.52. The number of aryl methyl sites for hydroxylation is 1. The first-order valence-corrected chi connectivity index (χ1v) is 8.17. The SMILES string of the molecule is CCCCc1ccc(B2OC(C)(C)C(C)(C)O2)c(C(C)=O)c1. The molecule has 120 valence electrons. The number of hydrogen-bond acceptors (Lipinski definition) is 3. The van der Waals surface area contributed by atoms with Crippen LogP contribution in [-0.4, -0.2) is 24.1 Å². The predicted octanol–water partition coefficient (Wildman–Crippen LogP) is 3.53. The third-order valence-electron chi connectivity index (χ3n) is 4.82. The van der Waals surface area contributed by atoms with E-state index in [0.717, 1.165) is 24.7 Å². The molecule has 0 bridgehead atoms. The van der Waals surface area contributed by atoms with Gasteiger partial charge in [0.1, 0.15) is 0 Å². The van der Waals surface area contributed by atoms with Gasteiger partial charge in [-0.1, -0.05) is 25.5 Å². The fourth-order valence-corrected chi connectivity index (χ4v) is 2.62. The second-order valence-corrected chi connectivity index (χ2v) is 7.17. The Kier molecular flexibility index (Phi) is 4.83. The number of unbranched alkanes of at least 4 members (excludes halogenated alkanes) is 1. The number of rotatable bonds is 5. The Morgan fingerprint density at radius 3 is 2.23 bits per heavy atom. The first-order chi connectivity index (χ1) is 10.2. The van der Waals surface area contributed by atoms with Gasteiger partial charge in [-0.15, -0.1) is 0 Å². The molecule has 0 N–H and O–H groups in total. The van der Waals surface area contributed by atoms with Crippen molar-refractivity contribution in [3.05, 3.63) is 29.3 Å². The fourth-order valence-electron chi connectivity index (χ4n) is 2.62. The molecule has 1 heterocycles. The molecule has 0 unspecified atom stereocenters. The molecule has 4 heteroatoms. The lowest BCUT2D eigenvalue weighted by Gasteiger charge is -2.32. The Balaban J connectivity index is 2.34. The van der Waals surface area contributed by atoms with Gasteiger partial charge in [0.15, 0.2) is 5.78 Å². The molecule has 0 aliphatic carbocycles. The number of Topliss-reactive ketones (excluding diaryl/α,β-unsaturated/α-hetero) is 1. The van der Waals surface area contributed by atoms with Crippen molar-refractivity contribution in [1.82, 2.24) is 0 Å². The van der Waals surface area contributed by atoms with Crippen molar-refractivity contribution in [2.24, 2.45) is 0 Å². The van der Waals surface area contributed by atoms with E-state index in [1.54, 1.807) is 6.92 Å². The van der Waals surface area contributed by atoms with Crippen molar-refractivity contribution < 1.29 is 14.1 Å². The number of benzene rings is 1. The lowest BCUT2D eigenvalue weighted by atomic mass is 9.74. The monoisotopic (exact) mass is 302 g/mol. The van der Waals surface area contributed by atoms with Crippen LogP contribution in [0.5, 0.6) is 0 Å². The van der Waals surface area contributed by atoms with Crippen molar-refractivity contribution in [2.45, 2.75) is 72.0 Å². The summed E-state index contributed by atoms with van der Waals surface area (Å²) in [5, 5.41) is 0. The molecule has 0 amide bonds. The summed E-state index contributed by atoms with van der Waals surface area (Å²) in [4.78, 5) is 12.1. The highest BCUT2D eigenvalue weighted by Crippen LogP contribution is 2.36. The van der Waals surface area contributed by atoms with Crippen LogP contribution in [0.25, 0.3) is 0 Å². The minimum Gasteiger partial charge on any atom is -0.399 e. The Bertz CT molecular complexity index is 547. The van der Waals surface area contributed by atoms with Crippen molar-refractivity contribution in [3.63, 3.8) is 0 Å². The zero-order valence-electron chi connectivity index (χ0n) is 14.7. The van der Waals surface area contributed by atoms with E-state index >= 15 is 0 Å². The number of carbonyl (C=O) groups is 1. The average molecular weight is 302 g/mol. The summed E-state index contributed by atoms with van der Waals surface area (Å²) in [5.41, 5.74) is 1.96. The molecular formula is C18H27BO3. The van der Waals surface area contributed by atoms with Crippen molar-refractivity contribution in [2.75, 3.05) is 0 Å². The van der Waals surface area contributed by atoms with Gasteiger partial charge in [0.2, 0.25) is 0 Å². The Labute approximate surface area is 134 Å². The standard InChI is InChI=1S/C18H27BO3/c1-7-8-9-14-10-11-16(15(12-14)13(2)20)19-21-17(3,4)18(5,6)22-19/h10-12H,7-9H2,1-6H3. The van der Waals surface area contributed by atoms with Crippen LogP contribution >= 0.6 is 0 Å². The highest BCUT2D eigenvalue weighted by molar-refractivity contribution is 6.63. The fraction of sp³-hybridized carbons (Fsp3) is 0.611. The second-order valence-electron chi connectivity index (χ2n) is 7.17. The van der Waals surface area contributed by atoms with E-state index in [1.807, 2.05) is 39.8 Å². The molecule has 1 aliphatic heterocycles. The van der Waals surface area contributed by atoms with Crippen LogP contribution in [0, 0.1) is 0 Å². The van der Waals surface area contributed by atoms with E-state index in [9.17, 15) is 4.79 Å². The Morgan fingerprint density at radius 2 is 1.73 bits per heavy atom. The topological polar surface area (TPSA) is 35.5 Å².